The highest BCUT2D eigenvalue weighted by Crippen LogP contribution is 2.58. The lowest BCUT2D eigenvalue weighted by atomic mass is 9.93. The summed E-state index contributed by atoms with van der Waals surface area (Å²) >= 11 is 0. The normalized spacial score (nSPS) is 28.1. The van der Waals surface area contributed by atoms with Gasteiger partial charge in [-0.05, 0) is 72.9 Å². The van der Waals surface area contributed by atoms with Gasteiger partial charge in [-0.1, -0.05) is 24.8 Å². The molecule has 0 unspecified atom stereocenters. The number of amides is 1. The predicted molar refractivity (Wildman–Crippen MR) is 166 cm³/mol. The number of halogens is 3. The van der Waals surface area contributed by atoms with Crippen LogP contribution in [-0.4, -0.2) is 82.8 Å². The van der Waals surface area contributed by atoms with Crippen molar-refractivity contribution in [2.24, 2.45) is 5.92 Å². The van der Waals surface area contributed by atoms with Crippen LogP contribution in [0.1, 0.15) is 49.1 Å². The van der Waals surface area contributed by atoms with Gasteiger partial charge in [-0.25, -0.2) is 13.2 Å². The Balaban J connectivity index is 1.22. The number of carbonyl (C=O) groups excluding carboxylic acids is 1. The van der Waals surface area contributed by atoms with Crippen molar-refractivity contribution < 1.29 is 22.7 Å². The van der Waals surface area contributed by atoms with E-state index in [0.29, 0.717) is 36.9 Å². The summed E-state index contributed by atoms with van der Waals surface area (Å²) in [5.41, 5.74) is 2.08. The third kappa shape index (κ3) is 4.63. The second-order valence-corrected chi connectivity index (χ2v) is 13.5. The van der Waals surface area contributed by atoms with E-state index in [9.17, 15) is 14.4 Å². The Labute approximate surface area is 265 Å². The molecule has 4 heterocycles. The molecule has 0 spiro atoms. The minimum absolute atomic E-state index is 0.0610. The van der Waals surface area contributed by atoms with E-state index in [-0.39, 0.29) is 60.3 Å². The Morgan fingerprint density at radius 3 is 2.91 bits per heavy atom. The lowest BCUT2D eigenvalue weighted by Gasteiger charge is -2.41. The van der Waals surface area contributed by atoms with Gasteiger partial charge < -0.3 is 14.5 Å². The van der Waals surface area contributed by atoms with Crippen molar-refractivity contribution in [3.05, 3.63) is 59.7 Å². The van der Waals surface area contributed by atoms with Gasteiger partial charge in [0.2, 0.25) is 5.91 Å². The van der Waals surface area contributed by atoms with E-state index in [1.807, 2.05) is 11.0 Å². The number of anilines is 1. The molecule has 2 aromatic carbocycles. The molecule has 8 rings (SSSR count). The van der Waals surface area contributed by atoms with Crippen LogP contribution in [0.2, 0.25) is 0 Å². The highest BCUT2D eigenvalue weighted by atomic mass is 19.1. The number of fused-ring (bicyclic) bond motifs is 5. The van der Waals surface area contributed by atoms with Crippen molar-refractivity contribution in [2.45, 2.75) is 62.2 Å². The average molecular weight is 629 g/mol. The number of aromatic nitrogens is 2. The van der Waals surface area contributed by atoms with Gasteiger partial charge in [0, 0.05) is 38.0 Å². The van der Waals surface area contributed by atoms with Crippen molar-refractivity contribution in [2.75, 3.05) is 44.2 Å². The van der Waals surface area contributed by atoms with Gasteiger partial charge in [0.25, 0.3) is 0 Å². The summed E-state index contributed by atoms with van der Waals surface area (Å²) in [4.78, 5) is 27.3. The second-order valence-electron chi connectivity index (χ2n) is 13.5. The molecule has 5 atom stereocenters. The zero-order valence-corrected chi connectivity index (χ0v) is 25.5. The summed E-state index contributed by atoms with van der Waals surface area (Å²) in [5, 5.41) is 9.71. The Kier molecular flexibility index (Phi) is 6.98. The fraction of sp³-hybridized carbons (Fsp3) is 0.486. The minimum atomic E-state index is -0.940. The summed E-state index contributed by atoms with van der Waals surface area (Å²) in [6.07, 6.45) is 4.36. The van der Waals surface area contributed by atoms with Crippen molar-refractivity contribution in [1.82, 2.24) is 19.8 Å². The number of rotatable bonds is 7. The van der Waals surface area contributed by atoms with Crippen LogP contribution in [0.15, 0.2) is 36.9 Å². The first-order chi connectivity index (χ1) is 22.3. The molecule has 3 aromatic rings. The van der Waals surface area contributed by atoms with E-state index in [2.05, 4.69) is 28.6 Å². The SMILES string of the molecule is C=CC(=O)N1CCN(c2nc(OC[C@@]34CCCN3C[C@H](F)C4)nc3c(F)c(-c4cccc5c4C[C@@H]4C[C@H]54)c(F)cc23)C[C@@H]1CC#N. The third-order valence-corrected chi connectivity index (χ3v) is 10.9. The predicted octanol–water partition coefficient (Wildman–Crippen LogP) is 5.31. The summed E-state index contributed by atoms with van der Waals surface area (Å²) in [5.74, 6) is -0.484. The van der Waals surface area contributed by atoms with Crippen LogP contribution in [0.3, 0.4) is 0 Å². The van der Waals surface area contributed by atoms with Gasteiger partial charge in [-0.15, -0.1) is 0 Å². The molecular formula is C35H35F3N6O2. The summed E-state index contributed by atoms with van der Waals surface area (Å²) in [6.45, 7) is 5.71. The quantitative estimate of drug-likeness (QED) is 0.328. The van der Waals surface area contributed by atoms with Gasteiger partial charge in [-0.3, -0.25) is 9.69 Å². The van der Waals surface area contributed by atoms with E-state index in [1.165, 1.54) is 17.7 Å². The molecule has 4 fully saturated rings. The number of carbonyl (C=O) groups is 1. The number of ether oxygens (including phenoxy) is 1. The molecule has 1 saturated carbocycles. The number of piperazine rings is 1. The zero-order chi connectivity index (χ0) is 31.7. The van der Waals surface area contributed by atoms with E-state index >= 15 is 8.78 Å². The van der Waals surface area contributed by atoms with Crippen LogP contribution in [0.5, 0.6) is 6.01 Å². The molecule has 0 bridgehead atoms. The molecule has 3 aliphatic heterocycles. The highest BCUT2D eigenvalue weighted by Gasteiger charge is 2.50. The zero-order valence-electron chi connectivity index (χ0n) is 25.5. The monoisotopic (exact) mass is 628 g/mol. The van der Waals surface area contributed by atoms with Gasteiger partial charge in [0.15, 0.2) is 5.82 Å². The number of nitriles is 1. The lowest BCUT2D eigenvalue weighted by Crippen LogP contribution is -2.55. The van der Waals surface area contributed by atoms with Crippen molar-refractivity contribution >= 4 is 22.6 Å². The lowest BCUT2D eigenvalue weighted by molar-refractivity contribution is -0.128. The summed E-state index contributed by atoms with van der Waals surface area (Å²) < 4.78 is 53.6. The van der Waals surface area contributed by atoms with Gasteiger partial charge in [0.1, 0.15) is 29.9 Å². The molecule has 1 amide bonds. The third-order valence-electron chi connectivity index (χ3n) is 10.9. The molecule has 0 radical (unpaired) electrons. The van der Waals surface area contributed by atoms with Crippen LogP contribution in [0, 0.1) is 28.9 Å². The van der Waals surface area contributed by atoms with Gasteiger partial charge in [-0.2, -0.15) is 15.2 Å². The molecular weight excluding hydrogens is 593 g/mol. The number of alkyl halides is 1. The van der Waals surface area contributed by atoms with E-state index in [0.717, 1.165) is 37.8 Å². The number of nitrogens with zero attached hydrogens (tertiary/aromatic N) is 6. The van der Waals surface area contributed by atoms with Gasteiger partial charge in [0.05, 0.1) is 29.6 Å². The molecule has 11 heteroatoms. The number of benzene rings is 2. The van der Waals surface area contributed by atoms with E-state index in [4.69, 9.17) is 9.72 Å². The van der Waals surface area contributed by atoms with Gasteiger partial charge >= 0.3 is 6.01 Å². The van der Waals surface area contributed by atoms with Crippen LogP contribution in [-0.2, 0) is 11.2 Å². The van der Waals surface area contributed by atoms with Crippen LogP contribution < -0.4 is 9.64 Å². The fourth-order valence-electron chi connectivity index (χ4n) is 8.63. The second kappa shape index (κ2) is 11.0. The van der Waals surface area contributed by atoms with Crippen molar-refractivity contribution in [3.63, 3.8) is 0 Å². The molecule has 2 aliphatic carbocycles. The smallest absolute Gasteiger partial charge is 0.319 e. The molecule has 238 valence electrons. The van der Waals surface area contributed by atoms with Crippen LogP contribution in [0.25, 0.3) is 22.0 Å². The van der Waals surface area contributed by atoms with Crippen LogP contribution in [0.4, 0.5) is 19.0 Å². The average Bonchev–Trinajstić information content (AvgIpc) is 3.39. The maximum absolute atomic E-state index is 16.8. The fourth-order valence-corrected chi connectivity index (χ4v) is 8.63. The molecule has 0 N–H and O–H groups in total. The highest BCUT2D eigenvalue weighted by molar-refractivity contribution is 5.94. The Morgan fingerprint density at radius 1 is 1.22 bits per heavy atom. The molecule has 5 aliphatic rings. The van der Waals surface area contributed by atoms with Crippen LogP contribution >= 0.6 is 0 Å². The number of hydrogen-bond donors (Lipinski definition) is 0. The number of hydrogen-bond acceptors (Lipinski definition) is 7. The first-order valence-electron chi connectivity index (χ1n) is 16.2. The maximum atomic E-state index is 16.8. The summed E-state index contributed by atoms with van der Waals surface area (Å²) in [7, 11) is 0. The molecule has 8 nitrogen and oxygen atoms in total. The largest absolute Gasteiger partial charge is 0.461 e. The first-order valence-corrected chi connectivity index (χ1v) is 16.2. The van der Waals surface area contributed by atoms with E-state index in [1.54, 1.807) is 11.0 Å². The topological polar surface area (TPSA) is 85.6 Å². The Bertz CT molecular complexity index is 1810. The molecule has 46 heavy (non-hydrogen) atoms. The summed E-state index contributed by atoms with van der Waals surface area (Å²) in [6, 6.07) is 8.60. The van der Waals surface area contributed by atoms with Crippen molar-refractivity contribution in [1.29, 1.82) is 5.26 Å². The molecule has 1 aromatic heterocycles. The first kappa shape index (κ1) is 29.2. The maximum Gasteiger partial charge on any atom is 0.319 e. The molecule has 3 saturated heterocycles. The van der Waals surface area contributed by atoms with E-state index < -0.39 is 29.4 Å². The standard InChI is InChI=1S/C35H35F3N6O2/c1-2-29(45)44-12-11-42(18-22(44)7-9-39)33-27-15-28(37)30(24-6-3-5-23-25-13-20(25)14-26(23)24)31(38)32(27)40-34(41-33)46-19-35-8-4-10-43(35)17-21(36)16-35/h2-3,5-6,15,20-22,25H,1,4,7-8,10-14,16-19H2/t20-,21+,22-,25-,35-/m0/s1. The Hall–Kier alpha value is -4.17. The van der Waals surface area contributed by atoms with Crippen molar-refractivity contribution in [3.8, 4) is 23.2 Å². The Morgan fingerprint density at radius 2 is 2.09 bits per heavy atom. The minimum Gasteiger partial charge on any atom is -0.461 e.